The van der Waals surface area contributed by atoms with Crippen molar-refractivity contribution in [2.24, 2.45) is 22.2 Å². The van der Waals surface area contributed by atoms with E-state index < -0.39 is 10.8 Å². The van der Waals surface area contributed by atoms with Crippen LogP contribution in [0.25, 0.3) is 0 Å². The van der Waals surface area contributed by atoms with Crippen LogP contribution in [0.2, 0.25) is 0 Å². The maximum absolute atomic E-state index is 12.5. The van der Waals surface area contributed by atoms with E-state index in [4.69, 9.17) is 4.74 Å². The van der Waals surface area contributed by atoms with Crippen molar-refractivity contribution in [1.29, 1.82) is 0 Å². The van der Waals surface area contributed by atoms with Gasteiger partial charge in [-0.05, 0) is 38.0 Å². The standard InChI is InChI=1S/C19H34O3/c1-8-14(9-2)19(7)13-18(6,15(20)22-16(19)21)12-17(5,10-3)11-4/h14H,8-13H2,1-7H3. The van der Waals surface area contributed by atoms with Crippen LogP contribution < -0.4 is 0 Å². The summed E-state index contributed by atoms with van der Waals surface area (Å²) in [5.74, 6) is -0.380. The smallest absolute Gasteiger partial charge is 0.319 e. The van der Waals surface area contributed by atoms with Crippen LogP contribution in [0.1, 0.15) is 87.0 Å². The number of carbonyl (C=O) groups excluding carboxylic acids is 2. The molecule has 22 heavy (non-hydrogen) atoms. The fourth-order valence-corrected chi connectivity index (χ4v) is 4.36. The third kappa shape index (κ3) is 3.38. The predicted molar refractivity (Wildman–Crippen MR) is 89.3 cm³/mol. The molecule has 1 saturated heterocycles. The summed E-state index contributed by atoms with van der Waals surface area (Å²) in [6, 6.07) is 0. The van der Waals surface area contributed by atoms with Crippen LogP contribution in [-0.4, -0.2) is 11.9 Å². The Morgan fingerprint density at radius 1 is 1.05 bits per heavy atom. The van der Waals surface area contributed by atoms with E-state index in [-0.39, 0.29) is 23.3 Å². The first-order chi connectivity index (χ1) is 10.1. The van der Waals surface area contributed by atoms with Gasteiger partial charge in [0.1, 0.15) is 0 Å². The van der Waals surface area contributed by atoms with Crippen molar-refractivity contribution in [1.82, 2.24) is 0 Å². The van der Waals surface area contributed by atoms with Gasteiger partial charge >= 0.3 is 11.9 Å². The number of cyclic esters (lactones) is 2. The minimum Gasteiger partial charge on any atom is -0.392 e. The second-order valence-electron chi connectivity index (χ2n) is 8.04. The van der Waals surface area contributed by atoms with Gasteiger partial charge in [0.15, 0.2) is 0 Å². The molecule has 0 N–H and O–H groups in total. The summed E-state index contributed by atoms with van der Waals surface area (Å²) in [7, 11) is 0. The van der Waals surface area contributed by atoms with Crippen LogP contribution >= 0.6 is 0 Å². The molecule has 1 aliphatic heterocycles. The van der Waals surface area contributed by atoms with Gasteiger partial charge in [0, 0.05) is 0 Å². The molecular weight excluding hydrogens is 276 g/mol. The Kier molecular flexibility index (Phi) is 5.86. The minimum atomic E-state index is -0.563. The Hall–Kier alpha value is -0.860. The largest absolute Gasteiger partial charge is 0.392 e. The van der Waals surface area contributed by atoms with E-state index in [1.807, 2.05) is 13.8 Å². The Bertz CT molecular complexity index is 420. The molecule has 0 aromatic rings. The molecule has 0 saturated carbocycles. The van der Waals surface area contributed by atoms with Gasteiger partial charge in [0.05, 0.1) is 10.8 Å². The van der Waals surface area contributed by atoms with Gasteiger partial charge in [-0.15, -0.1) is 0 Å². The molecule has 1 fully saturated rings. The fourth-order valence-electron chi connectivity index (χ4n) is 4.36. The number of carbonyl (C=O) groups is 2. The summed E-state index contributed by atoms with van der Waals surface area (Å²) in [6.07, 6.45) is 5.33. The zero-order valence-electron chi connectivity index (χ0n) is 15.5. The van der Waals surface area contributed by atoms with Gasteiger partial charge < -0.3 is 4.74 Å². The van der Waals surface area contributed by atoms with Gasteiger partial charge in [0.25, 0.3) is 0 Å². The first kappa shape index (κ1) is 19.2. The molecule has 128 valence electrons. The fraction of sp³-hybridized carbons (Fsp3) is 0.895. The highest BCUT2D eigenvalue weighted by molar-refractivity contribution is 5.94. The average molecular weight is 310 g/mol. The lowest BCUT2D eigenvalue weighted by Gasteiger charge is -2.47. The quantitative estimate of drug-likeness (QED) is 0.484. The van der Waals surface area contributed by atoms with E-state index in [1.54, 1.807) is 0 Å². The zero-order chi connectivity index (χ0) is 17.2. The molecular formula is C19H34O3. The van der Waals surface area contributed by atoms with Gasteiger partial charge in [-0.25, -0.2) is 0 Å². The third-order valence-electron chi connectivity index (χ3n) is 6.31. The Labute approximate surface area is 136 Å². The van der Waals surface area contributed by atoms with Gasteiger partial charge in [0.2, 0.25) is 0 Å². The molecule has 0 spiro atoms. The van der Waals surface area contributed by atoms with E-state index in [0.29, 0.717) is 6.42 Å². The van der Waals surface area contributed by atoms with Crippen LogP contribution in [0.4, 0.5) is 0 Å². The second kappa shape index (κ2) is 6.72. The average Bonchev–Trinajstić information content (AvgIpc) is 2.46. The van der Waals surface area contributed by atoms with Crippen molar-refractivity contribution in [3.63, 3.8) is 0 Å². The van der Waals surface area contributed by atoms with Crippen LogP contribution in [0, 0.1) is 22.2 Å². The first-order valence-corrected chi connectivity index (χ1v) is 8.87. The van der Waals surface area contributed by atoms with Crippen LogP contribution in [-0.2, 0) is 14.3 Å². The summed E-state index contributed by atoms with van der Waals surface area (Å²) in [5.41, 5.74) is -0.996. The topological polar surface area (TPSA) is 43.4 Å². The summed E-state index contributed by atoms with van der Waals surface area (Å²) in [5, 5.41) is 0. The number of hydrogen-bond donors (Lipinski definition) is 0. The van der Waals surface area contributed by atoms with Crippen LogP contribution in [0.15, 0.2) is 0 Å². The molecule has 1 rings (SSSR count). The molecule has 0 bridgehead atoms. The number of hydrogen-bond acceptors (Lipinski definition) is 3. The molecule has 0 radical (unpaired) electrons. The highest BCUT2D eigenvalue weighted by Gasteiger charge is 2.56. The highest BCUT2D eigenvalue weighted by atomic mass is 16.6. The molecule has 0 aliphatic carbocycles. The predicted octanol–water partition coefficient (Wildman–Crippen LogP) is 5.13. The maximum atomic E-state index is 12.5. The zero-order valence-corrected chi connectivity index (χ0v) is 15.5. The number of esters is 2. The lowest BCUT2D eigenvalue weighted by Crippen LogP contribution is -2.52. The van der Waals surface area contributed by atoms with Crippen LogP contribution in [0.5, 0.6) is 0 Å². The number of ether oxygens (including phenoxy) is 1. The first-order valence-electron chi connectivity index (χ1n) is 8.87. The normalized spacial score (nSPS) is 29.8. The number of rotatable bonds is 7. The second-order valence-corrected chi connectivity index (χ2v) is 8.04. The highest BCUT2D eigenvalue weighted by Crippen LogP contribution is 2.52. The molecule has 0 aromatic heterocycles. The summed E-state index contributed by atoms with van der Waals surface area (Å²) in [4.78, 5) is 24.9. The SMILES string of the molecule is CCC(CC)C1(C)CC(C)(CC(C)(CC)CC)C(=O)OC1=O. The van der Waals surface area contributed by atoms with Crippen molar-refractivity contribution in [3.05, 3.63) is 0 Å². The Morgan fingerprint density at radius 2 is 1.55 bits per heavy atom. The van der Waals surface area contributed by atoms with Gasteiger partial charge in [-0.1, -0.05) is 60.3 Å². The molecule has 2 atom stereocenters. The van der Waals surface area contributed by atoms with Crippen molar-refractivity contribution in [2.45, 2.75) is 87.0 Å². The summed E-state index contributed by atoms with van der Waals surface area (Å²) >= 11 is 0. The maximum Gasteiger partial charge on any atom is 0.319 e. The Morgan fingerprint density at radius 3 is 1.95 bits per heavy atom. The van der Waals surface area contributed by atoms with Gasteiger partial charge in [-0.3, -0.25) is 9.59 Å². The van der Waals surface area contributed by atoms with Crippen molar-refractivity contribution in [3.8, 4) is 0 Å². The van der Waals surface area contributed by atoms with E-state index in [2.05, 4.69) is 34.6 Å². The summed E-state index contributed by atoms with van der Waals surface area (Å²) < 4.78 is 5.26. The summed E-state index contributed by atoms with van der Waals surface area (Å²) in [6.45, 7) is 14.8. The monoisotopic (exact) mass is 310 g/mol. The van der Waals surface area contributed by atoms with Crippen molar-refractivity contribution >= 4 is 11.9 Å². The molecule has 1 aliphatic rings. The van der Waals surface area contributed by atoms with Crippen LogP contribution in [0.3, 0.4) is 0 Å². The van der Waals surface area contributed by atoms with E-state index in [0.717, 1.165) is 32.1 Å². The van der Waals surface area contributed by atoms with Crippen molar-refractivity contribution in [2.75, 3.05) is 0 Å². The van der Waals surface area contributed by atoms with E-state index in [1.165, 1.54) is 0 Å². The Balaban J connectivity index is 3.15. The lowest BCUT2D eigenvalue weighted by atomic mass is 9.59. The molecule has 0 amide bonds. The van der Waals surface area contributed by atoms with E-state index in [9.17, 15) is 9.59 Å². The van der Waals surface area contributed by atoms with Gasteiger partial charge in [-0.2, -0.15) is 0 Å². The molecule has 3 heteroatoms. The third-order valence-corrected chi connectivity index (χ3v) is 6.31. The van der Waals surface area contributed by atoms with Crippen molar-refractivity contribution < 1.29 is 14.3 Å². The minimum absolute atomic E-state index is 0.114. The molecule has 0 aromatic carbocycles. The lowest BCUT2D eigenvalue weighted by molar-refractivity contribution is -0.191. The molecule has 1 heterocycles. The molecule has 3 nitrogen and oxygen atoms in total. The molecule has 2 unspecified atom stereocenters. The van der Waals surface area contributed by atoms with E-state index >= 15 is 0 Å².